The van der Waals surface area contributed by atoms with E-state index in [-0.39, 0.29) is 18.4 Å². The average molecular weight is 273 g/mol. The van der Waals surface area contributed by atoms with E-state index in [1.807, 2.05) is 17.8 Å². The molecule has 18 heavy (non-hydrogen) atoms. The molecule has 1 aromatic rings. The lowest BCUT2D eigenvalue weighted by atomic mass is 10.2. The Balaban J connectivity index is 0.00000289. The van der Waals surface area contributed by atoms with Crippen LogP contribution in [0, 0.1) is 0 Å². The SMILES string of the molecule is C=CC(=O)OCCCCCCn1cc[n+](C)c1.[Cl-]. The summed E-state index contributed by atoms with van der Waals surface area (Å²) in [5, 5.41) is 0. The number of carbonyl (C=O) groups is 1. The maximum absolute atomic E-state index is 10.7. The second-order valence-electron chi connectivity index (χ2n) is 4.10. The molecule has 0 atom stereocenters. The van der Waals surface area contributed by atoms with Gasteiger partial charge in [-0.05, 0) is 25.7 Å². The Morgan fingerprint density at radius 2 is 2.11 bits per heavy atom. The van der Waals surface area contributed by atoms with Crippen LogP contribution in [0.5, 0.6) is 0 Å². The monoisotopic (exact) mass is 272 g/mol. The van der Waals surface area contributed by atoms with E-state index in [1.54, 1.807) is 0 Å². The van der Waals surface area contributed by atoms with Gasteiger partial charge in [-0.2, -0.15) is 0 Å². The van der Waals surface area contributed by atoms with Crippen molar-refractivity contribution in [1.82, 2.24) is 4.57 Å². The van der Waals surface area contributed by atoms with Crippen LogP contribution in [-0.2, 0) is 23.1 Å². The summed E-state index contributed by atoms with van der Waals surface area (Å²) in [5.41, 5.74) is 0. The summed E-state index contributed by atoms with van der Waals surface area (Å²) in [6, 6.07) is 0. The first-order valence-electron chi connectivity index (χ1n) is 6.02. The van der Waals surface area contributed by atoms with Crippen molar-refractivity contribution >= 4 is 5.97 Å². The molecule has 102 valence electrons. The highest BCUT2D eigenvalue weighted by Gasteiger charge is 1.99. The molecule has 0 amide bonds. The van der Waals surface area contributed by atoms with E-state index in [4.69, 9.17) is 4.74 Å². The predicted octanol–water partition coefficient (Wildman–Crippen LogP) is -1.39. The molecule has 0 aliphatic heterocycles. The maximum atomic E-state index is 10.7. The number of carbonyl (C=O) groups excluding carboxylic acids is 1. The maximum Gasteiger partial charge on any atom is 0.330 e. The molecule has 0 unspecified atom stereocenters. The van der Waals surface area contributed by atoms with E-state index in [9.17, 15) is 4.79 Å². The van der Waals surface area contributed by atoms with Gasteiger partial charge in [0.25, 0.3) is 0 Å². The van der Waals surface area contributed by atoms with Crippen LogP contribution < -0.4 is 17.0 Å². The smallest absolute Gasteiger partial charge is 0.330 e. The van der Waals surface area contributed by atoms with Crippen LogP contribution in [0.3, 0.4) is 0 Å². The van der Waals surface area contributed by atoms with Crippen molar-refractivity contribution in [3.8, 4) is 0 Å². The van der Waals surface area contributed by atoms with Crippen LogP contribution in [0.15, 0.2) is 31.4 Å². The van der Waals surface area contributed by atoms with Crippen LogP contribution in [0.25, 0.3) is 0 Å². The molecule has 0 spiro atoms. The van der Waals surface area contributed by atoms with E-state index in [1.165, 1.54) is 6.08 Å². The van der Waals surface area contributed by atoms with Crippen LogP contribution in [-0.4, -0.2) is 17.1 Å². The quantitative estimate of drug-likeness (QED) is 0.253. The number of nitrogens with zero attached hydrogens (tertiary/aromatic N) is 2. The normalized spacial score (nSPS) is 9.61. The molecule has 0 bridgehead atoms. The molecule has 4 nitrogen and oxygen atoms in total. The number of rotatable bonds is 8. The highest BCUT2D eigenvalue weighted by Crippen LogP contribution is 2.02. The van der Waals surface area contributed by atoms with Crippen molar-refractivity contribution in [3.63, 3.8) is 0 Å². The van der Waals surface area contributed by atoms with Gasteiger partial charge < -0.3 is 17.1 Å². The molecular formula is C13H21ClN2O2. The molecule has 1 heterocycles. The third-order valence-electron chi connectivity index (χ3n) is 2.55. The molecule has 0 saturated heterocycles. The van der Waals surface area contributed by atoms with Crippen LogP contribution in [0.2, 0.25) is 0 Å². The van der Waals surface area contributed by atoms with Crippen LogP contribution in [0.4, 0.5) is 0 Å². The summed E-state index contributed by atoms with van der Waals surface area (Å²) in [7, 11) is 2.02. The van der Waals surface area contributed by atoms with Gasteiger partial charge in [-0.1, -0.05) is 6.58 Å². The van der Waals surface area contributed by atoms with E-state index < -0.39 is 0 Å². The summed E-state index contributed by atoms with van der Waals surface area (Å²) in [6.45, 7) is 4.90. The number of esters is 1. The summed E-state index contributed by atoms with van der Waals surface area (Å²) in [6.07, 6.45) is 11.7. The highest BCUT2D eigenvalue weighted by molar-refractivity contribution is 5.81. The fourth-order valence-electron chi connectivity index (χ4n) is 1.62. The summed E-state index contributed by atoms with van der Waals surface area (Å²) in [4.78, 5) is 10.7. The number of halogens is 1. The lowest BCUT2D eigenvalue weighted by molar-refractivity contribution is -0.671. The first-order valence-corrected chi connectivity index (χ1v) is 6.02. The number of hydrogen-bond acceptors (Lipinski definition) is 2. The van der Waals surface area contributed by atoms with E-state index >= 15 is 0 Å². The number of unbranched alkanes of at least 4 members (excludes halogenated alkanes) is 3. The zero-order valence-corrected chi connectivity index (χ0v) is 11.6. The summed E-state index contributed by atoms with van der Waals surface area (Å²) >= 11 is 0. The van der Waals surface area contributed by atoms with Gasteiger partial charge in [0.2, 0.25) is 6.33 Å². The third-order valence-corrected chi connectivity index (χ3v) is 2.55. The Labute approximate surface area is 115 Å². The van der Waals surface area contributed by atoms with Crippen molar-refractivity contribution in [2.75, 3.05) is 6.61 Å². The first-order chi connectivity index (χ1) is 8.22. The van der Waals surface area contributed by atoms with Crippen molar-refractivity contribution in [2.45, 2.75) is 32.2 Å². The minimum absolute atomic E-state index is 0. The summed E-state index contributed by atoms with van der Waals surface area (Å²) < 4.78 is 9.11. The molecule has 0 aliphatic rings. The topological polar surface area (TPSA) is 35.1 Å². The summed E-state index contributed by atoms with van der Waals surface area (Å²) in [5.74, 6) is -0.329. The number of aryl methyl sites for hydroxylation is 2. The Kier molecular flexibility index (Phi) is 9.01. The predicted molar refractivity (Wildman–Crippen MR) is 65.2 cm³/mol. The number of aromatic nitrogens is 2. The molecule has 0 saturated carbocycles. The molecule has 1 aromatic heterocycles. The lowest BCUT2D eigenvalue weighted by Gasteiger charge is -2.01. The van der Waals surface area contributed by atoms with Gasteiger partial charge in [0.05, 0.1) is 20.2 Å². The number of hydrogen-bond donors (Lipinski definition) is 0. The minimum Gasteiger partial charge on any atom is -1.00 e. The molecule has 0 aliphatic carbocycles. The van der Waals surface area contributed by atoms with Crippen LogP contribution in [0.1, 0.15) is 25.7 Å². The zero-order chi connectivity index (χ0) is 12.5. The fraction of sp³-hybridized carbons (Fsp3) is 0.538. The van der Waals surface area contributed by atoms with Gasteiger partial charge in [-0.15, -0.1) is 0 Å². The Hall–Kier alpha value is -1.29. The molecule has 0 aromatic carbocycles. The second kappa shape index (κ2) is 9.71. The molecule has 0 N–H and O–H groups in total. The Morgan fingerprint density at radius 3 is 2.72 bits per heavy atom. The van der Waals surface area contributed by atoms with Gasteiger partial charge in [-0.25, -0.2) is 13.9 Å². The fourth-order valence-corrected chi connectivity index (χ4v) is 1.62. The molecule has 1 rings (SSSR count). The second-order valence-corrected chi connectivity index (χ2v) is 4.10. The Morgan fingerprint density at radius 1 is 1.39 bits per heavy atom. The third kappa shape index (κ3) is 7.12. The molecular weight excluding hydrogens is 252 g/mol. The van der Waals surface area contributed by atoms with Crippen molar-refractivity contribution in [3.05, 3.63) is 31.4 Å². The first kappa shape index (κ1) is 16.7. The minimum atomic E-state index is -0.329. The van der Waals surface area contributed by atoms with Crippen molar-refractivity contribution in [1.29, 1.82) is 0 Å². The molecule has 5 heteroatoms. The van der Waals surface area contributed by atoms with Gasteiger partial charge in [0, 0.05) is 6.08 Å². The Bertz CT molecular complexity index is 364. The number of imidazole rings is 1. The van der Waals surface area contributed by atoms with Gasteiger partial charge >= 0.3 is 5.97 Å². The van der Waals surface area contributed by atoms with E-state index in [0.717, 1.165) is 32.2 Å². The molecule has 0 fully saturated rings. The number of ether oxygens (including phenoxy) is 1. The largest absolute Gasteiger partial charge is 1.00 e. The highest BCUT2D eigenvalue weighted by atomic mass is 35.5. The van der Waals surface area contributed by atoms with Crippen LogP contribution >= 0.6 is 0 Å². The molecule has 0 radical (unpaired) electrons. The lowest BCUT2D eigenvalue weighted by Crippen LogP contribution is -3.00. The van der Waals surface area contributed by atoms with E-state index in [0.29, 0.717) is 6.61 Å². The van der Waals surface area contributed by atoms with Crippen molar-refractivity contribution in [2.24, 2.45) is 7.05 Å². The standard InChI is InChI=1S/C13H21N2O2.ClH/c1-3-13(16)17-11-7-5-4-6-8-15-10-9-14(2)12-15;/h3,9-10,12H,1,4-8,11H2,2H3;1H/q+1;/p-1. The zero-order valence-electron chi connectivity index (χ0n) is 10.8. The van der Waals surface area contributed by atoms with Gasteiger partial charge in [-0.3, -0.25) is 0 Å². The van der Waals surface area contributed by atoms with Crippen molar-refractivity contribution < 1.29 is 26.5 Å². The van der Waals surface area contributed by atoms with E-state index in [2.05, 4.69) is 23.7 Å². The average Bonchev–Trinajstić information content (AvgIpc) is 2.73. The van der Waals surface area contributed by atoms with Gasteiger partial charge in [0.15, 0.2) is 0 Å². The van der Waals surface area contributed by atoms with Gasteiger partial charge in [0.1, 0.15) is 12.4 Å².